The number of amides is 1. The molecule has 2 rings (SSSR count). The van der Waals surface area contributed by atoms with Gasteiger partial charge in [-0.15, -0.1) is 11.8 Å². The molecule has 0 fully saturated rings. The first-order chi connectivity index (χ1) is 8.72. The standard InChI is InChI=1S/C13H13NO3S/c1-17-13(16)11-10(7-8-18-11)14-12(15)9-5-3-2-4-6-9/h2-6H,7-8H2,1H3,(H,14,15). The van der Waals surface area contributed by atoms with E-state index in [1.54, 1.807) is 24.3 Å². The summed E-state index contributed by atoms with van der Waals surface area (Å²) in [7, 11) is 1.34. The fourth-order valence-electron chi connectivity index (χ4n) is 1.65. The third-order valence-corrected chi connectivity index (χ3v) is 3.65. The minimum atomic E-state index is -0.388. The Morgan fingerprint density at radius 1 is 1.28 bits per heavy atom. The lowest BCUT2D eigenvalue weighted by Crippen LogP contribution is -2.24. The number of nitrogens with one attached hydrogen (secondary N) is 1. The molecule has 94 valence electrons. The first-order valence-electron chi connectivity index (χ1n) is 5.53. The largest absolute Gasteiger partial charge is 0.465 e. The summed E-state index contributed by atoms with van der Waals surface area (Å²) < 4.78 is 4.68. The lowest BCUT2D eigenvalue weighted by atomic mass is 10.2. The molecule has 0 radical (unpaired) electrons. The average Bonchev–Trinajstić information content (AvgIpc) is 2.87. The summed E-state index contributed by atoms with van der Waals surface area (Å²) >= 11 is 1.41. The normalized spacial score (nSPS) is 14.5. The molecule has 1 heterocycles. The Morgan fingerprint density at radius 2 is 2.00 bits per heavy atom. The van der Waals surface area contributed by atoms with Crippen LogP contribution < -0.4 is 5.32 Å². The van der Waals surface area contributed by atoms with Gasteiger partial charge in [0, 0.05) is 17.0 Å². The summed E-state index contributed by atoms with van der Waals surface area (Å²) in [4.78, 5) is 23.9. The second-order valence-electron chi connectivity index (χ2n) is 3.72. The summed E-state index contributed by atoms with van der Waals surface area (Å²) in [5, 5.41) is 2.78. The van der Waals surface area contributed by atoms with E-state index >= 15 is 0 Å². The minimum absolute atomic E-state index is 0.200. The molecule has 1 aliphatic rings. The van der Waals surface area contributed by atoms with Gasteiger partial charge in [-0.1, -0.05) is 18.2 Å². The van der Waals surface area contributed by atoms with Crippen LogP contribution in [0.5, 0.6) is 0 Å². The monoisotopic (exact) mass is 263 g/mol. The molecular formula is C13H13NO3S. The second-order valence-corrected chi connectivity index (χ2v) is 4.82. The fraction of sp³-hybridized carbons (Fsp3) is 0.231. The van der Waals surface area contributed by atoms with Gasteiger partial charge in [0.2, 0.25) is 0 Å². The highest BCUT2D eigenvalue weighted by molar-refractivity contribution is 8.04. The molecule has 0 unspecified atom stereocenters. The molecule has 0 aliphatic carbocycles. The first kappa shape index (κ1) is 12.7. The molecule has 18 heavy (non-hydrogen) atoms. The molecule has 1 amide bonds. The highest BCUT2D eigenvalue weighted by Gasteiger charge is 2.23. The quantitative estimate of drug-likeness (QED) is 0.847. The summed E-state index contributed by atoms with van der Waals surface area (Å²) in [5.74, 6) is 0.199. The van der Waals surface area contributed by atoms with E-state index in [0.717, 1.165) is 5.75 Å². The molecule has 4 nitrogen and oxygen atoms in total. The van der Waals surface area contributed by atoms with Crippen LogP contribution in [0.1, 0.15) is 16.8 Å². The van der Waals surface area contributed by atoms with Gasteiger partial charge >= 0.3 is 5.97 Å². The number of carbonyl (C=O) groups excluding carboxylic acids is 2. The van der Waals surface area contributed by atoms with Crippen molar-refractivity contribution < 1.29 is 14.3 Å². The number of esters is 1. The van der Waals surface area contributed by atoms with Crippen molar-refractivity contribution in [3.8, 4) is 0 Å². The van der Waals surface area contributed by atoms with Crippen LogP contribution in [0.25, 0.3) is 0 Å². The van der Waals surface area contributed by atoms with Crippen LogP contribution in [0.4, 0.5) is 0 Å². The van der Waals surface area contributed by atoms with Gasteiger partial charge in [-0.05, 0) is 18.6 Å². The zero-order valence-electron chi connectivity index (χ0n) is 9.93. The van der Waals surface area contributed by atoms with Gasteiger partial charge in [0.1, 0.15) is 4.91 Å². The molecule has 1 aliphatic heterocycles. The molecule has 0 aromatic heterocycles. The zero-order valence-corrected chi connectivity index (χ0v) is 10.8. The smallest absolute Gasteiger partial charge is 0.346 e. The van der Waals surface area contributed by atoms with Gasteiger partial charge in [0.05, 0.1) is 7.11 Å². The lowest BCUT2D eigenvalue weighted by Gasteiger charge is -2.07. The molecule has 0 saturated carbocycles. The summed E-state index contributed by atoms with van der Waals surface area (Å²) in [6, 6.07) is 8.91. The van der Waals surface area contributed by atoms with Crippen molar-refractivity contribution in [1.29, 1.82) is 0 Å². The molecule has 1 aromatic carbocycles. The molecule has 1 aromatic rings. The predicted molar refractivity (Wildman–Crippen MR) is 70.0 cm³/mol. The van der Waals surface area contributed by atoms with Crippen LogP contribution in [-0.4, -0.2) is 24.7 Å². The van der Waals surface area contributed by atoms with Crippen LogP contribution >= 0.6 is 11.8 Å². The van der Waals surface area contributed by atoms with Crippen molar-refractivity contribution in [2.24, 2.45) is 0 Å². The van der Waals surface area contributed by atoms with E-state index in [2.05, 4.69) is 10.1 Å². The zero-order chi connectivity index (χ0) is 13.0. The maximum Gasteiger partial charge on any atom is 0.346 e. The molecule has 0 saturated heterocycles. The number of allylic oxidation sites excluding steroid dienone is 1. The summed E-state index contributed by atoms with van der Waals surface area (Å²) in [6.07, 6.45) is 0.674. The number of hydrogen-bond donors (Lipinski definition) is 1. The SMILES string of the molecule is COC(=O)C1=C(NC(=O)c2ccccc2)CCS1. The Hall–Kier alpha value is -1.75. The summed E-state index contributed by atoms with van der Waals surface area (Å²) in [6.45, 7) is 0. The second kappa shape index (κ2) is 5.73. The summed E-state index contributed by atoms with van der Waals surface area (Å²) in [5.41, 5.74) is 1.23. The third kappa shape index (κ3) is 2.73. The minimum Gasteiger partial charge on any atom is -0.465 e. The van der Waals surface area contributed by atoms with Crippen molar-refractivity contribution in [3.05, 3.63) is 46.5 Å². The van der Waals surface area contributed by atoms with Crippen molar-refractivity contribution in [2.75, 3.05) is 12.9 Å². The van der Waals surface area contributed by atoms with E-state index in [1.165, 1.54) is 18.9 Å². The molecule has 0 bridgehead atoms. The van der Waals surface area contributed by atoms with Crippen molar-refractivity contribution in [2.45, 2.75) is 6.42 Å². The predicted octanol–water partition coefficient (Wildman–Crippen LogP) is 1.94. The number of ether oxygens (including phenoxy) is 1. The Kier molecular flexibility index (Phi) is 4.04. The Labute approximate surface area is 109 Å². The number of hydrogen-bond acceptors (Lipinski definition) is 4. The fourth-order valence-corrected chi connectivity index (χ4v) is 2.69. The third-order valence-electron chi connectivity index (χ3n) is 2.54. The van der Waals surface area contributed by atoms with Crippen LogP contribution in [0.2, 0.25) is 0 Å². The Bertz CT molecular complexity index is 496. The van der Waals surface area contributed by atoms with E-state index in [1.807, 2.05) is 6.07 Å². The topological polar surface area (TPSA) is 55.4 Å². The van der Waals surface area contributed by atoms with Gasteiger partial charge in [-0.2, -0.15) is 0 Å². The van der Waals surface area contributed by atoms with Gasteiger partial charge in [-0.25, -0.2) is 4.79 Å². The van der Waals surface area contributed by atoms with Crippen molar-refractivity contribution >= 4 is 23.6 Å². The molecule has 1 N–H and O–H groups in total. The number of benzene rings is 1. The van der Waals surface area contributed by atoms with Gasteiger partial charge in [0.15, 0.2) is 0 Å². The Morgan fingerprint density at radius 3 is 2.67 bits per heavy atom. The van der Waals surface area contributed by atoms with E-state index in [0.29, 0.717) is 22.6 Å². The van der Waals surface area contributed by atoms with Crippen LogP contribution in [-0.2, 0) is 9.53 Å². The van der Waals surface area contributed by atoms with E-state index < -0.39 is 0 Å². The van der Waals surface area contributed by atoms with E-state index in [9.17, 15) is 9.59 Å². The van der Waals surface area contributed by atoms with Crippen LogP contribution in [0, 0.1) is 0 Å². The van der Waals surface area contributed by atoms with Gasteiger partial charge in [0.25, 0.3) is 5.91 Å². The number of thioether (sulfide) groups is 1. The molecule has 0 atom stereocenters. The van der Waals surface area contributed by atoms with Crippen LogP contribution in [0.15, 0.2) is 40.9 Å². The number of methoxy groups -OCH3 is 1. The number of rotatable bonds is 3. The highest BCUT2D eigenvalue weighted by Crippen LogP contribution is 2.30. The lowest BCUT2D eigenvalue weighted by molar-refractivity contribution is -0.135. The van der Waals surface area contributed by atoms with Crippen LogP contribution in [0.3, 0.4) is 0 Å². The van der Waals surface area contributed by atoms with Crippen molar-refractivity contribution in [1.82, 2.24) is 5.32 Å². The Balaban J connectivity index is 2.14. The van der Waals surface area contributed by atoms with Gasteiger partial charge in [-0.3, -0.25) is 4.79 Å². The molecule has 0 spiro atoms. The number of carbonyl (C=O) groups is 2. The average molecular weight is 263 g/mol. The maximum atomic E-state index is 12.0. The molecule has 5 heteroatoms. The van der Waals surface area contributed by atoms with Gasteiger partial charge < -0.3 is 10.1 Å². The first-order valence-corrected chi connectivity index (χ1v) is 6.51. The van der Waals surface area contributed by atoms with E-state index in [4.69, 9.17) is 0 Å². The maximum absolute atomic E-state index is 12.0. The van der Waals surface area contributed by atoms with E-state index in [-0.39, 0.29) is 11.9 Å². The molecular weight excluding hydrogens is 250 g/mol. The van der Waals surface area contributed by atoms with Crippen molar-refractivity contribution in [3.63, 3.8) is 0 Å². The highest BCUT2D eigenvalue weighted by atomic mass is 32.2.